The second-order valence-corrected chi connectivity index (χ2v) is 24.4. The maximum Gasteiger partial charge on any atom is 0.146 e. The summed E-state index contributed by atoms with van der Waals surface area (Å²) >= 11 is 0. The Hall–Kier alpha value is 0.571. The van der Waals surface area contributed by atoms with Crippen molar-refractivity contribution in [1.29, 1.82) is 0 Å². The van der Waals surface area contributed by atoms with Gasteiger partial charge in [-0.1, -0.05) is 0 Å². The lowest BCUT2D eigenvalue weighted by Crippen LogP contribution is -2.57. The Kier molecular flexibility index (Phi) is 1.50. The van der Waals surface area contributed by atoms with Crippen molar-refractivity contribution in [2.75, 3.05) is 0 Å². The summed E-state index contributed by atoms with van der Waals surface area (Å²) < 4.78 is 0. The largest absolute Gasteiger partial charge is 0.345 e. The molecule has 0 atom stereocenters. The molecule has 0 aromatic carbocycles. The highest BCUT2D eigenvalue weighted by Crippen LogP contribution is 1.49. The van der Waals surface area contributed by atoms with Gasteiger partial charge < -0.3 is 10.8 Å². The van der Waals surface area contributed by atoms with E-state index < -0.39 is 7.43 Å². The van der Waals surface area contributed by atoms with Crippen molar-refractivity contribution in [3.8, 4) is 0 Å². The summed E-state index contributed by atoms with van der Waals surface area (Å²) in [6.45, 7) is 0. The van der Waals surface area contributed by atoms with Crippen molar-refractivity contribution in [2.45, 2.75) is 0 Å². The summed E-state index contributed by atoms with van der Waals surface area (Å²) in [5, 5.41) is 10.8. The van der Waals surface area contributed by atoms with E-state index in [9.17, 15) is 0 Å². The van der Waals surface area contributed by atoms with E-state index in [1.54, 1.807) is 0 Å². The number of hydrogen-bond acceptors (Lipinski definition) is 2. The van der Waals surface area contributed by atoms with Gasteiger partial charge in [0.15, 0.2) is 0 Å². The number of nitrogens with two attached hydrogens (primary N) is 2. The molecule has 0 aliphatic rings. The zero-order valence-electron chi connectivity index (χ0n) is 3.65. The first-order chi connectivity index (χ1) is 2.00. The van der Waals surface area contributed by atoms with Gasteiger partial charge in [-0.2, -0.15) is 0 Å². The minimum Gasteiger partial charge on any atom is -0.345 e. The molecule has 0 fully saturated rings. The number of rotatable bonds is 0. The van der Waals surface area contributed by atoms with Gasteiger partial charge in [0.25, 0.3) is 0 Å². The van der Waals surface area contributed by atoms with Crippen LogP contribution in [0, 0.1) is 0 Å². The third-order valence-electron chi connectivity index (χ3n) is 0. The van der Waals surface area contributed by atoms with E-state index in [-0.39, 0.29) is 0 Å². The van der Waals surface area contributed by atoms with E-state index in [1.165, 1.54) is 0 Å². The van der Waals surface area contributed by atoms with Gasteiger partial charge in [0.2, 0.25) is 0 Å². The van der Waals surface area contributed by atoms with E-state index in [1.807, 2.05) is 0 Å². The van der Waals surface area contributed by atoms with Crippen molar-refractivity contribution in [2.24, 2.45) is 10.8 Å². The monoisotopic (exact) mass is 122 g/mol. The summed E-state index contributed by atoms with van der Waals surface area (Å²) in [6.07, 6.45) is 0. The Morgan fingerprint density at radius 3 is 1.20 bits per heavy atom. The molecule has 0 heterocycles. The molecular weight excluding hydrogens is 112 g/mol. The summed E-state index contributed by atoms with van der Waals surface area (Å²) in [7, 11) is 0.795. The van der Waals surface area contributed by atoms with Crippen molar-refractivity contribution in [3.05, 3.63) is 0 Å². The van der Waals surface area contributed by atoms with Gasteiger partial charge in [-0.3, -0.25) is 0 Å². The normalized spacial score (nSPS) is 13.2. The molecule has 0 radical (unpaired) electrons. The smallest absolute Gasteiger partial charge is 0.146 e. The van der Waals surface area contributed by atoms with Crippen molar-refractivity contribution in [3.63, 3.8) is 0 Å². The van der Waals surface area contributed by atoms with Crippen LogP contribution in [-0.2, 0) is 0 Å². The molecule has 0 spiro atoms. The first kappa shape index (κ1) is 5.57. The van der Waals surface area contributed by atoms with Gasteiger partial charge in [-0.25, -0.2) is 0 Å². The maximum atomic E-state index is 5.39. The Balaban J connectivity index is 3.02. The summed E-state index contributed by atoms with van der Waals surface area (Å²) in [4.78, 5) is 0. The summed E-state index contributed by atoms with van der Waals surface area (Å²) in [5.74, 6) is 0. The lowest BCUT2D eigenvalue weighted by molar-refractivity contribution is 1.70. The van der Waals surface area contributed by atoms with Crippen LogP contribution >= 0.6 is 0 Å². The minimum absolute atomic E-state index is 1.06. The average molecular weight is 122 g/mol. The Morgan fingerprint density at radius 2 is 1.20 bits per heavy atom. The van der Waals surface area contributed by atoms with Gasteiger partial charge in [-0.05, 0) is 0 Å². The van der Waals surface area contributed by atoms with Crippen LogP contribution in [0.25, 0.3) is 0 Å². The van der Waals surface area contributed by atoms with Crippen LogP contribution in [0.3, 0.4) is 0 Å². The zero-order chi connectivity index (χ0) is 4.50. The van der Waals surface area contributed by atoms with E-state index in [4.69, 9.17) is 10.8 Å². The van der Waals surface area contributed by atoms with Crippen molar-refractivity contribution >= 4 is 27.0 Å². The fourth-order valence-corrected chi connectivity index (χ4v) is 0. The van der Waals surface area contributed by atoms with Crippen LogP contribution in [-0.4, -0.2) is 27.0 Å². The molecule has 0 bridgehead atoms. The zero-order valence-corrected chi connectivity index (χ0v) is 8.65. The van der Waals surface area contributed by atoms with Crippen molar-refractivity contribution in [1.82, 2.24) is 0 Å². The average Bonchev–Trinajstić information content (AvgIpc) is 0.722. The molecule has 0 aromatic rings. The molecule has 0 amide bonds. The molecule has 0 aliphatic carbocycles. The molecule has 32 valence electrons. The molecule has 5 heteroatoms. The first-order valence-electron chi connectivity index (χ1n) is 1.58. The van der Waals surface area contributed by atoms with E-state index >= 15 is 0 Å². The summed E-state index contributed by atoms with van der Waals surface area (Å²) in [5.41, 5.74) is 0. The molecular formula is H10N2Si3. The second-order valence-electron chi connectivity index (χ2n) is 1.82. The van der Waals surface area contributed by atoms with Gasteiger partial charge >= 0.3 is 0 Å². The predicted octanol–water partition coefficient (Wildman–Crippen LogP) is -3.93. The first-order valence-corrected chi connectivity index (χ1v) is 10.7. The minimum atomic E-state index is -1.33. The van der Waals surface area contributed by atoms with Crippen LogP contribution in [0.5, 0.6) is 0 Å². The molecule has 0 rings (SSSR count). The lowest BCUT2D eigenvalue weighted by atomic mass is 13.9. The SMILES string of the molecule is N[Si](N)([SiH3])[SiH3]. The molecule has 0 aliphatic heterocycles. The van der Waals surface area contributed by atoms with Gasteiger partial charge in [0.05, 0.1) is 0 Å². The van der Waals surface area contributed by atoms with Crippen LogP contribution in [0.4, 0.5) is 0 Å². The van der Waals surface area contributed by atoms with Crippen molar-refractivity contribution < 1.29 is 0 Å². The molecule has 0 saturated heterocycles. The van der Waals surface area contributed by atoms with Crippen LogP contribution in [0.15, 0.2) is 0 Å². The highest BCUT2D eigenvalue weighted by molar-refractivity contribution is 7.38. The topological polar surface area (TPSA) is 52.0 Å². The van der Waals surface area contributed by atoms with Gasteiger partial charge in [0, 0.05) is 19.5 Å². The molecule has 0 unspecified atom stereocenters. The molecule has 5 heavy (non-hydrogen) atoms. The molecule has 2 nitrogen and oxygen atoms in total. The third kappa shape index (κ3) is 92.8. The third-order valence-corrected chi connectivity index (χ3v) is 0. The second kappa shape index (κ2) is 1.35. The van der Waals surface area contributed by atoms with Gasteiger partial charge in [0.1, 0.15) is 7.43 Å². The lowest BCUT2D eigenvalue weighted by Gasteiger charge is -2.02. The molecule has 0 aromatic heterocycles. The highest BCUT2D eigenvalue weighted by Gasteiger charge is 2.01. The van der Waals surface area contributed by atoms with Crippen LogP contribution < -0.4 is 10.8 Å². The highest BCUT2D eigenvalue weighted by atomic mass is 29.6. The molecule has 0 saturated carbocycles. The van der Waals surface area contributed by atoms with Gasteiger partial charge in [-0.15, -0.1) is 0 Å². The fraction of sp³-hybridized carbons (Fsp3) is 0. The van der Waals surface area contributed by atoms with E-state index in [0.717, 1.165) is 19.5 Å². The Bertz CT molecular complexity index is 20.4. The predicted molar refractivity (Wildman–Crippen MR) is 34.0 cm³/mol. The number of hydrogen-bond donors (Lipinski definition) is 2. The van der Waals surface area contributed by atoms with Crippen LogP contribution in [0.1, 0.15) is 0 Å². The molecule has 4 N–H and O–H groups in total. The Morgan fingerprint density at radius 1 is 1.20 bits per heavy atom. The maximum absolute atomic E-state index is 5.39. The standard InChI is InChI=1S/H10N2Si3/c1-5(2,3)4/h1-2H2,3-4H3. The van der Waals surface area contributed by atoms with E-state index in [2.05, 4.69) is 0 Å². The van der Waals surface area contributed by atoms with E-state index in [0.29, 0.717) is 0 Å². The Labute approximate surface area is 38.5 Å². The quantitative estimate of drug-likeness (QED) is 0.323. The van der Waals surface area contributed by atoms with Crippen LogP contribution in [0.2, 0.25) is 0 Å². The fourth-order valence-electron chi connectivity index (χ4n) is 0. The summed E-state index contributed by atoms with van der Waals surface area (Å²) in [6, 6.07) is 0.